The molecular formula is C29H22ClNO3S. The third-order valence-corrected chi connectivity index (χ3v) is 7.16. The van der Waals surface area contributed by atoms with Crippen molar-refractivity contribution in [3.05, 3.63) is 117 Å². The summed E-state index contributed by atoms with van der Waals surface area (Å²) in [5, 5.41) is 2.31. The number of carbonyl (C=O) groups is 2. The van der Waals surface area contributed by atoms with Gasteiger partial charge >= 0.3 is 0 Å². The standard InChI is InChI=1S/C29H22ClNO3S/c1-19-10-12-20(13-11-19)17-31-28(32)27(35-29(31)33)16-24-23-8-4-2-6-21(23)14-15-26(24)34-18-22-7-3-5-9-25(22)30/h2-16H,17-18H2,1H3/b27-16-. The molecule has 0 aliphatic carbocycles. The summed E-state index contributed by atoms with van der Waals surface area (Å²) >= 11 is 7.26. The van der Waals surface area contributed by atoms with Crippen LogP contribution in [-0.4, -0.2) is 16.0 Å². The number of thioether (sulfide) groups is 1. The van der Waals surface area contributed by atoms with Crippen LogP contribution in [0.5, 0.6) is 5.75 Å². The third kappa shape index (κ3) is 4.97. The summed E-state index contributed by atoms with van der Waals surface area (Å²) in [7, 11) is 0. The first-order valence-corrected chi connectivity index (χ1v) is 12.4. The Kier molecular flexibility index (Phi) is 6.62. The maximum absolute atomic E-state index is 13.2. The van der Waals surface area contributed by atoms with Gasteiger partial charge in [-0.05, 0) is 53.2 Å². The molecule has 35 heavy (non-hydrogen) atoms. The zero-order chi connectivity index (χ0) is 24.4. The maximum Gasteiger partial charge on any atom is 0.293 e. The summed E-state index contributed by atoms with van der Waals surface area (Å²) in [6, 6.07) is 27.1. The second-order valence-corrected chi connectivity index (χ2v) is 9.73. The van der Waals surface area contributed by atoms with Gasteiger partial charge in [0.05, 0.1) is 11.4 Å². The van der Waals surface area contributed by atoms with Gasteiger partial charge in [-0.15, -0.1) is 0 Å². The van der Waals surface area contributed by atoms with Crippen molar-refractivity contribution in [2.45, 2.75) is 20.1 Å². The number of rotatable bonds is 6. The van der Waals surface area contributed by atoms with Crippen molar-refractivity contribution in [3.8, 4) is 5.75 Å². The Morgan fingerprint density at radius 2 is 1.66 bits per heavy atom. The second-order valence-electron chi connectivity index (χ2n) is 8.33. The second kappa shape index (κ2) is 9.98. The molecule has 4 nitrogen and oxygen atoms in total. The molecule has 5 rings (SSSR count). The average molecular weight is 500 g/mol. The van der Waals surface area contributed by atoms with Crippen molar-refractivity contribution in [3.63, 3.8) is 0 Å². The van der Waals surface area contributed by atoms with E-state index in [2.05, 4.69) is 0 Å². The summed E-state index contributed by atoms with van der Waals surface area (Å²) in [5.74, 6) is 0.319. The molecule has 0 N–H and O–H groups in total. The topological polar surface area (TPSA) is 46.6 Å². The van der Waals surface area contributed by atoms with E-state index in [0.29, 0.717) is 15.7 Å². The number of carbonyl (C=O) groups excluding carboxylic acids is 2. The number of nitrogens with zero attached hydrogens (tertiary/aromatic N) is 1. The van der Waals surface area contributed by atoms with Gasteiger partial charge in [-0.25, -0.2) is 0 Å². The van der Waals surface area contributed by atoms with Crippen LogP contribution < -0.4 is 4.74 Å². The molecule has 6 heteroatoms. The molecular weight excluding hydrogens is 478 g/mol. The van der Waals surface area contributed by atoms with Crippen LogP contribution in [0.3, 0.4) is 0 Å². The number of halogens is 1. The fraction of sp³-hybridized carbons (Fsp3) is 0.103. The Labute approximate surface area is 213 Å². The van der Waals surface area contributed by atoms with Crippen molar-refractivity contribution < 1.29 is 14.3 Å². The van der Waals surface area contributed by atoms with Crippen LogP contribution in [-0.2, 0) is 17.9 Å². The number of hydrogen-bond donors (Lipinski definition) is 0. The molecule has 1 fully saturated rings. The zero-order valence-corrected chi connectivity index (χ0v) is 20.6. The van der Waals surface area contributed by atoms with Gasteiger partial charge in [0.1, 0.15) is 12.4 Å². The quantitative estimate of drug-likeness (QED) is 0.256. The first-order chi connectivity index (χ1) is 17.0. The number of imide groups is 1. The normalized spacial score (nSPS) is 14.8. The molecule has 0 unspecified atom stereocenters. The molecule has 2 amide bonds. The van der Waals surface area contributed by atoms with Gasteiger partial charge in [-0.1, -0.05) is 90.0 Å². The SMILES string of the molecule is Cc1ccc(CN2C(=O)S/C(=C\c3c(OCc4ccccc4Cl)ccc4ccccc34)C2=O)cc1. The van der Waals surface area contributed by atoms with Gasteiger partial charge < -0.3 is 4.74 Å². The molecule has 174 valence electrons. The molecule has 1 aliphatic rings. The number of amides is 2. The van der Waals surface area contributed by atoms with Gasteiger partial charge in [0, 0.05) is 16.1 Å². The lowest BCUT2D eigenvalue weighted by Gasteiger charge is -2.14. The van der Waals surface area contributed by atoms with Gasteiger partial charge in [0.2, 0.25) is 0 Å². The highest BCUT2D eigenvalue weighted by atomic mass is 35.5. The molecule has 0 saturated carbocycles. The lowest BCUT2D eigenvalue weighted by atomic mass is 10.0. The summed E-state index contributed by atoms with van der Waals surface area (Å²) in [6.45, 7) is 2.53. The Balaban J connectivity index is 1.48. The van der Waals surface area contributed by atoms with E-state index in [0.717, 1.165) is 44.8 Å². The lowest BCUT2D eigenvalue weighted by molar-refractivity contribution is -0.123. The first kappa shape index (κ1) is 23.2. The Morgan fingerprint density at radius 3 is 2.46 bits per heavy atom. The molecule has 1 aliphatic heterocycles. The van der Waals surface area contributed by atoms with Gasteiger partial charge in [0.25, 0.3) is 11.1 Å². The minimum atomic E-state index is -0.300. The van der Waals surface area contributed by atoms with Crippen LogP contribution >= 0.6 is 23.4 Å². The molecule has 1 saturated heterocycles. The van der Waals surface area contributed by atoms with E-state index in [1.165, 1.54) is 4.90 Å². The highest BCUT2D eigenvalue weighted by Crippen LogP contribution is 2.37. The molecule has 4 aromatic rings. The van der Waals surface area contributed by atoms with E-state index in [1.807, 2.05) is 91.9 Å². The number of hydrogen-bond acceptors (Lipinski definition) is 4. The van der Waals surface area contributed by atoms with Crippen LogP contribution in [0.4, 0.5) is 4.79 Å². The Hall–Kier alpha value is -3.54. The molecule has 1 heterocycles. The molecule has 0 radical (unpaired) electrons. The van der Waals surface area contributed by atoms with Crippen molar-refractivity contribution in [1.29, 1.82) is 0 Å². The molecule has 0 spiro atoms. The molecule has 0 bridgehead atoms. The van der Waals surface area contributed by atoms with E-state index < -0.39 is 0 Å². The molecule has 0 atom stereocenters. The summed E-state index contributed by atoms with van der Waals surface area (Å²) in [4.78, 5) is 27.6. The fourth-order valence-electron chi connectivity index (χ4n) is 3.96. The van der Waals surface area contributed by atoms with Crippen LogP contribution in [0.15, 0.2) is 89.8 Å². The van der Waals surface area contributed by atoms with Crippen LogP contribution in [0.2, 0.25) is 5.02 Å². The first-order valence-electron chi connectivity index (χ1n) is 11.2. The van der Waals surface area contributed by atoms with E-state index in [9.17, 15) is 9.59 Å². The Morgan fingerprint density at radius 1 is 0.914 bits per heavy atom. The smallest absolute Gasteiger partial charge is 0.293 e. The number of fused-ring (bicyclic) bond motifs is 1. The van der Waals surface area contributed by atoms with Crippen molar-refractivity contribution in [1.82, 2.24) is 4.90 Å². The fourth-order valence-corrected chi connectivity index (χ4v) is 4.98. The van der Waals surface area contributed by atoms with Crippen molar-refractivity contribution in [2.75, 3.05) is 0 Å². The zero-order valence-electron chi connectivity index (χ0n) is 19.0. The monoisotopic (exact) mass is 499 g/mol. The highest BCUT2D eigenvalue weighted by molar-refractivity contribution is 8.18. The van der Waals surface area contributed by atoms with Crippen molar-refractivity contribution >= 4 is 51.4 Å². The van der Waals surface area contributed by atoms with Crippen molar-refractivity contribution in [2.24, 2.45) is 0 Å². The molecule has 4 aromatic carbocycles. The number of aryl methyl sites for hydroxylation is 1. The predicted octanol–water partition coefficient (Wildman–Crippen LogP) is 7.62. The van der Waals surface area contributed by atoms with Crippen LogP contribution in [0.1, 0.15) is 22.3 Å². The average Bonchev–Trinajstić information content (AvgIpc) is 3.13. The summed E-state index contributed by atoms with van der Waals surface area (Å²) < 4.78 is 6.17. The largest absolute Gasteiger partial charge is 0.488 e. The summed E-state index contributed by atoms with van der Waals surface area (Å²) in [6.07, 6.45) is 1.77. The minimum Gasteiger partial charge on any atom is -0.488 e. The highest BCUT2D eigenvalue weighted by Gasteiger charge is 2.35. The van der Waals surface area contributed by atoms with Crippen LogP contribution in [0.25, 0.3) is 16.8 Å². The third-order valence-electron chi connectivity index (χ3n) is 5.88. The predicted molar refractivity (Wildman–Crippen MR) is 142 cm³/mol. The van der Waals surface area contributed by atoms with E-state index in [4.69, 9.17) is 16.3 Å². The van der Waals surface area contributed by atoms with Gasteiger partial charge in [0.15, 0.2) is 0 Å². The Bertz CT molecular complexity index is 1460. The van der Waals surface area contributed by atoms with Gasteiger partial charge in [-0.2, -0.15) is 0 Å². The van der Waals surface area contributed by atoms with E-state index in [1.54, 1.807) is 6.08 Å². The van der Waals surface area contributed by atoms with Gasteiger partial charge in [-0.3, -0.25) is 14.5 Å². The number of benzene rings is 4. The minimum absolute atomic E-state index is 0.244. The lowest BCUT2D eigenvalue weighted by Crippen LogP contribution is -2.27. The summed E-state index contributed by atoms with van der Waals surface area (Å²) in [5.41, 5.74) is 3.67. The van der Waals surface area contributed by atoms with E-state index in [-0.39, 0.29) is 24.3 Å². The maximum atomic E-state index is 13.2. The van der Waals surface area contributed by atoms with Crippen LogP contribution in [0, 0.1) is 6.92 Å². The number of ether oxygens (including phenoxy) is 1. The van der Waals surface area contributed by atoms with E-state index >= 15 is 0 Å². The molecule has 0 aromatic heterocycles.